The lowest BCUT2D eigenvalue weighted by Crippen LogP contribution is -2.35. The number of hydrogen-bond donors (Lipinski definition) is 2. The minimum Gasteiger partial charge on any atom is -0.350 e. The predicted octanol–water partition coefficient (Wildman–Crippen LogP) is 3.81. The van der Waals surface area contributed by atoms with Crippen molar-refractivity contribution in [1.29, 1.82) is 0 Å². The van der Waals surface area contributed by atoms with Crippen molar-refractivity contribution in [1.82, 2.24) is 20.4 Å². The summed E-state index contributed by atoms with van der Waals surface area (Å²) in [6, 6.07) is 12.3. The number of hydrogen-bond acceptors (Lipinski definition) is 3. The lowest BCUT2D eigenvalue weighted by molar-refractivity contribution is 0.0927. The van der Waals surface area contributed by atoms with E-state index in [1.165, 1.54) is 6.07 Å². The number of nitrogens with zero attached hydrogens (tertiary/aromatic N) is 2. The van der Waals surface area contributed by atoms with Crippen molar-refractivity contribution < 1.29 is 14.0 Å². The Kier molecular flexibility index (Phi) is 7.07. The van der Waals surface area contributed by atoms with Crippen molar-refractivity contribution in [3.63, 3.8) is 0 Å². The standard InChI is InChI=1S/C23H24ClFN4O2/c1-14-4-7-17(8-5-14)13-29-21(24)20(16(3)28-29)23(31)27-11-10-26-22(30)18-9-6-15(2)19(25)12-18/h4-9,12H,10-11,13H2,1-3H3,(H,26,30)(H,27,31). The van der Waals surface area contributed by atoms with Gasteiger partial charge in [0.15, 0.2) is 0 Å². The fraction of sp³-hybridized carbons (Fsp3) is 0.261. The zero-order valence-electron chi connectivity index (χ0n) is 17.6. The van der Waals surface area contributed by atoms with Gasteiger partial charge in [-0.05, 0) is 44.0 Å². The smallest absolute Gasteiger partial charge is 0.256 e. The van der Waals surface area contributed by atoms with Crippen molar-refractivity contribution in [3.8, 4) is 0 Å². The molecule has 2 aromatic carbocycles. The Hall–Kier alpha value is -3.19. The van der Waals surface area contributed by atoms with Gasteiger partial charge in [-0.25, -0.2) is 9.07 Å². The summed E-state index contributed by atoms with van der Waals surface area (Å²) in [6.07, 6.45) is 0. The topological polar surface area (TPSA) is 76.0 Å². The molecule has 0 aliphatic carbocycles. The summed E-state index contributed by atoms with van der Waals surface area (Å²) in [5.74, 6) is -1.21. The van der Waals surface area contributed by atoms with Gasteiger partial charge in [0.05, 0.1) is 17.8 Å². The number of aryl methyl sites for hydroxylation is 3. The number of benzene rings is 2. The van der Waals surface area contributed by atoms with E-state index in [0.29, 0.717) is 23.4 Å². The molecule has 0 aliphatic heterocycles. The maximum absolute atomic E-state index is 13.6. The number of amides is 2. The van der Waals surface area contributed by atoms with E-state index in [1.54, 1.807) is 30.7 Å². The van der Waals surface area contributed by atoms with E-state index in [4.69, 9.17) is 11.6 Å². The average Bonchev–Trinajstić information content (AvgIpc) is 3.01. The summed E-state index contributed by atoms with van der Waals surface area (Å²) in [5, 5.41) is 10.0. The van der Waals surface area contributed by atoms with Crippen LogP contribution in [0.2, 0.25) is 5.15 Å². The first kappa shape index (κ1) is 22.5. The highest BCUT2D eigenvalue weighted by Crippen LogP contribution is 2.21. The molecule has 8 heteroatoms. The molecule has 0 saturated carbocycles. The molecule has 2 amide bonds. The second-order valence-corrected chi connectivity index (χ2v) is 7.73. The van der Waals surface area contributed by atoms with Crippen molar-refractivity contribution in [2.45, 2.75) is 27.3 Å². The molecule has 0 aliphatic rings. The van der Waals surface area contributed by atoms with Gasteiger partial charge in [0.25, 0.3) is 11.8 Å². The Labute approximate surface area is 185 Å². The van der Waals surface area contributed by atoms with Gasteiger partial charge in [0, 0.05) is 18.7 Å². The van der Waals surface area contributed by atoms with Gasteiger partial charge in [-0.1, -0.05) is 47.5 Å². The van der Waals surface area contributed by atoms with Gasteiger partial charge in [-0.3, -0.25) is 9.59 Å². The number of aromatic nitrogens is 2. The molecule has 0 atom stereocenters. The second-order valence-electron chi connectivity index (χ2n) is 7.37. The Morgan fingerprint density at radius 3 is 2.29 bits per heavy atom. The van der Waals surface area contributed by atoms with Crippen molar-refractivity contribution in [2.75, 3.05) is 13.1 Å². The Bertz CT molecular complexity index is 1110. The van der Waals surface area contributed by atoms with E-state index in [1.807, 2.05) is 31.2 Å². The van der Waals surface area contributed by atoms with Crippen LogP contribution in [0.1, 0.15) is 43.1 Å². The van der Waals surface area contributed by atoms with Crippen LogP contribution in [0, 0.1) is 26.6 Å². The molecule has 0 radical (unpaired) electrons. The summed E-state index contributed by atoms with van der Waals surface area (Å²) in [5.41, 5.74) is 3.71. The van der Waals surface area contributed by atoms with E-state index < -0.39 is 11.7 Å². The van der Waals surface area contributed by atoms with Crippen LogP contribution in [0.25, 0.3) is 0 Å². The van der Waals surface area contributed by atoms with Crippen molar-refractivity contribution in [3.05, 3.63) is 86.9 Å². The molecule has 0 unspecified atom stereocenters. The van der Waals surface area contributed by atoms with Crippen LogP contribution in [0.3, 0.4) is 0 Å². The third-order valence-corrected chi connectivity index (χ3v) is 5.26. The molecule has 1 heterocycles. The zero-order chi connectivity index (χ0) is 22.5. The lowest BCUT2D eigenvalue weighted by Gasteiger charge is -2.08. The molecule has 31 heavy (non-hydrogen) atoms. The van der Waals surface area contributed by atoms with Gasteiger partial charge < -0.3 is 10.6 Å². The van der Waals surface area contributed by atoms with Gasteiger partial charge in [0.2, 0.25) is 0 Å². The molecular formula is C23H24ClFN4O2. The molecule has 1 aromatic heterocycles. The molecule has 0 fully saturated rings. The number of carbonyl (C=O) groups is 2. The third-order valence-electron chi connectivity index (χ3n) is 4.88. The highest BCUT2D eigenvalue weighted by atomic mass is 35.5. The molecule has 0 saturated heterocycles. The van der Waals surface area contributed by atoms with Crippen LogP contribution in [0.15, 0.2) is 42.5 Å². The third kappa shape index (κ3) is 5.49. The Balaban J connectivity index is 1.55. The first-order chi connectivity index (χ1) is 14.8. The first-order valence-electron chi connectivity index (χ1n) is 9.87. The summed E-state index contributed by atoms with van der Waals surface area (Å²) in [7, 11) is 0. The molecule has 0 spiro atoms. The fourth-order valence-electron chi connectivity index (χ4n) is 3.06. The van der Waals surface area contributed by atoms with Crippen LogP contribution < -0.4 is 10.6 Å². The number of rotatable bonds is 7. The Morgan fingerprint density at radius 1 is 1.00 bits per heavy atom. The lowest BCUT2D eigenvalue weighted by atomic mass is 10.1. The van der Waals surface area contributed by atoms with Crippen LogP contribution >= 0.6 is 11.6 Å². The van der Waals surface area contributed by atoms with Crippen molar-refractivity contribution in [2.24, 2.45) is 0 Å². The summed E-state index contributed by atoms with van der Waals surface area (Å²) in [6.45, 7) is 6.20. The van der Waals surface area contributed by atoms with Crippen LogP contribution in [-0.2, 0) is 6.54 Å². The van der Waals surface area contributed by atoms with Gasteiger partial charge in [-0.2, -0.15) is 5.10 Å². The molecule has 2 N–H and O–H groups in total. The zero-order valence-corrected chi connectivity index (χ0v) is 18.4. The number of nitrogens with one attached hydrogen (secondary N) is 2. The minimum atomic E-state index is -0.436. The van der Waals surface area contributed by atoms with E-state index in [-0.39, 0.29) is 29.7 Å². The highest BCUT2D eigenvalue weighted by Gasteiger charge is 2.20. The van der Waals surface area contributed by atoms with E-state index >= 15 is 0 Å². The highest BCUT2D eigenvalue weighted by molar-refractivity contribution is 6.33. The van der Waals surface area contributed by atoms with Gasteiger partial charge in [-0.15, -0.1) is 0 Å². The maximum atomic E-state index is 13.6. The number of halogens is 2. The monoisotopic (exact) mass is 442 g/mol. The molecule has 3 aromatic rings. The predicted molar refractivity (Wildman–Crippen MR) is 118 cm³/mol. The molecule has 0 bridgehead atoms. The SMILES string of the molecule is Cc1ccc(Cn2nc(C)c(C(=O)NCCNC(=O)c3ccc(C)c(F)c3)c2Cl)cc1. The quantitative estimate of drug-likeness (QED) is 0.546. The molecule has 6 nitrogen and oxygen atoms in total. The molecular weight excluding hydrogens is 419 g/mol. The fourth-order valence-corrected chi connectivity index (χ4v) is 3.38. The summed E-state index contributed by atoms with van der Waals surface area (Å²) < 4.78 is 15.2. The van der Waals surface area contributed by atoms with E-state index in [2.05, 4.69) is 15.7 Å². The van der Waals surface area contributed by atoms with Gasteiger partial charge >= 0.3 is 0 Å². The minimum absolute atomic E-state index is 0.189. The normalized spacial score (nSPS) is 10.7. The van der Waals surface area contributed by atoms with Crippen LogP contribution in [-0.4, -0.2) is 34.7 Å². The Morgan fingerprint density at radius 2 is 1.65 bits per heavy atom. The van der Waals surface area contributed by atoms with Crippen LogP contribution in [0.5, 0.6) is 0 Å². The van der Waals surface area contributed by atoms with Crippen molar-refractivity contribution >= 4 is 23.4 Å². The largest absolute Gasteiger partial charge is 0.350 e. The first-order valence-corrected chi connectivity index (χ1v) is 10.2. The van der Waals surface area contributed by atoms with Gasteiger partial charge in [0.1, 0.15) is 11.0 Å². The summed E-state index contributed by atoms with van der Waals surface area (Å²) >= 11 is 6.41. The second kappa shape index (κ2) is 9.75. The van der Waals surface area contributed by atoms with E-state index in [9.17, 15) is 14.0 Å². The summed E-state index contributed by atoms with van der Waals surface area (Å²) in [4.78, 5) is 24.7. The number of carbonyl (C=O) groups excluding carboxylic acids is 2. The van der Waals surface area contributed by atoms with Crippen LogP contribution in [0.4, 0.5) is 4.39 Å². The van der Waals surface area contributed by atoms with E-state index in [0.717, 1.165) is 11.1 Å². The molecule has 3 rings (SSSR count). The maximum Gasteiger partial charge on any atom is 0.256 e. The molecule has 162 valence electrons. The average molecular weight is 443 g/mol.